The van der Waals surface area contributed by atoms with E-state index in [-0.39, 0.29) is 0 Å². The van der Waals surface area contributed by atoms with Crippen molar-refractivity contribution < 1.29 is 4.52 Å². The lowest BCUT2D eigenvalue weighted by atomic mass is 10.7. The number of rotatable bonds is 0. The zero-order valence-corrected chi connectivity index (χ0v) is 11.4. The van der Waals surface area contributed by atoms with E-state index in [9.17, 15) is 0 Å². The normalized spacial score (nSPS) is 8.00. The molecule has 0 spiro atoms. The van der Waals surface area contributed by atoms with Gasteiger partial charge in [0.2, 0.25) is 0 Å². The van der Waals surface area contributed by atoms with E-state index >= 15 is 0 Å². The molecule has 4 aromatic heterocycles. The Kier molecular flexibility index (Phi) is 9.73. The minimum absolute atomic E-state index is 1.51. The van der Waals surface area contributed by atoms with Gasteiger partial charge in [-0.25, -0.2) is 0 Å². The fourth-order valence-corrected chi connectivity index (χ4v) is 1.15. The summed E-state index contributed by atoms with van der Waals surface area (Å²) in [6.07, 6.45) is 11.8. The van der Waals surface area contributed by atoms with Crippen molar-refractivity contribution in [2.45, 2.75) is 0 Å². The van der Waals surface area contributed by atoms with Crippen LogP contribution in [0.1, 0.15) is 0 Å². The molecule has 4 rings (SSSR count). The number of H-pyrrole nitrogens is 2. The molecule has 7 nitrogen and oxygen atoms in total. The molecule has 4 aromatic rings. The lowest BCUT2D eigenvalue weighted by Crippen LogP contribution is -1.61. The van der Waals surface area contributed by atoms with Gasteiger partial charge in [-0.15, -0.1) is 11.3 Å². The van der Waals surface area contributed by atoms with Crippen LogP contribution in [-0.2, 0) is 0 Å². The second kappa shape index (κ2) is 12.7. The van der Waals surface area contributed by atoms with E-state index in [1.807, 2.05) is 29.9 Å². The third kappa shape index (κ3) is 10.4. The molecular weight excluding hydrogens is 276 g/mol. The molecule has 0 unspecified atom stereocenters. The number of aromatic amines is 2. The van der Waals surface area contributed by atoms with Gasteiger partial charge in [-0.3, -0.25) is 4.98 Å². The molecule has 0 aliphatic rings. The smallest absolute Gasteiger partial charge is 0.123 e. The second-order valence-corrected chi connectivity index (χ2v) is 3.66. The predicted octanol–water partition coefficient (Wildman–Crippen LogP) is 2.64. The monoisotopic (exact) mass is 290 g/mol. The van der Waals surface area contributed by atoms with Gasteiger partial charge >= 0.3 is 0 Å². The summed E-state index contributed by atoms with van der Waals surface area (Å²) in [6, 6.07) is 5.61. The van der Waals surface area contributed by atoms with E-state index in [4.69, 9.17) is 0 Å². The van der Waals surface area contributed by atoms with Gasteiger partial charge in [0.15, 0.2) is 0 Å². The van der Waals surface area contributed by atoms with Gasteiger partial charge in [-0.1, -0.05) is 5.16 Å². The van der Waals surface area contributed by atoms with Crippen molar-refractivity contribution in [1.82, 2.24) is 30.5 Å². The first-order valence-electron chi connectivity index (χ1n) is 5.54. The Labute approximate surface area is 119 Å². The first kappa shape index (κ1) is 15.3. The molecule has 104 valence electrons. The van der Waals surface area contributed by atoms with Crippen LogP contribution in [0.25, 0.3) is 0 Å². The summed E-state index contributed by atoms with van der Waals surface area (Å²) >= 11 is 1.60. The second-order valence-electron chi connectivity index (χ2n) is 2.91. The molecule has 0 saturated heterocycles. The van der Waals surface area contributed by atoms with Crippen LogP contribution >= 0.6 is 11.3 Å². The summed E-state index contributed by atoms with van der Waals surface area (Å²) in [5.41, 5.74) is 1.79. The first-order valence-corrected chi connectivity index (χ1v) is 6.48. The topological polar surface area (TPSA) is 96.3 Å². The van der Waals surface area contributed by atoms with Crippen LogP contribution in [0.4, 0.5) is 0 Å². The predicted molar refractivity (Wildman–Crippen MR) is 75.8 cm³/mol. The summed E-state index contributed by atoms with van der Waals surface area (Å²) in [4.78, 5) is 6.60. The van der Waals surface area contributed by atoms with Gasteiger partial charge < -0.3 is 9.51 Å². The van der Waals surface area contributed by atoms with E-state index < -0.39 is 0 Å². The number of hydrogen-bond acceptors (Lipinski definition) is 6. The highest BCUT2D eigenvalue weighted by Crippen LogP contribution is 1.85. The highest BCUT2D eigenvalue weighted by molar-refractivity contribution is 7.07. The molecule has 0 radical (unpaired) electrons. The van der Waals surface area contributed by atoms with E-state index in [1.165, 1.54) is 6.26 Å². The standard InChI is InChI=1S/C4H5N.C3H3NO.C3H3NS.C2H3N3/c2*1-2-4-5-3-1;1-2-5-3-4-1;1-2-4-5-3-1/h1-5H;2*1-3H;1-2H,(H,3,4,5). The largest absolute Gasteiger partial charge is 0.368 e. The van der Waals surface area contributed by atoms with E-state index in [2.05, 4.69) is 35.1 Å². The van der Waals surface area contributed by atoms with Crippen molar-refractivity contribution in [2.75, 3.05) is 0 Å². The Morgan fingerprint density at radius 2 is 1.70 bits per heavy atom. The SMILES string of the molecule is c1cc[nH]c1.c1cn[nH]n1.c1cnoc1.c1cscn1. The lowest BCUT2D eigenvalue weighted by molar-refractivity contribution is 0.420. The van der Waals surface area contributed by atoms with Gasteiger partial charge in [-0.05, 0) is 18.2 Å². The van der Waals surface area contributed by atoms with E-state index in [0.29, 0.717) is 0 Å². The van der Waals surface area contributed by atoms with Gasteiger partial charge in [0.25, 0.3) is 0 Å². The molecule has 0 atom stereocenters. The summed E-state index contributed by atoms with van der Waals surface area (Å²) in [7, 11) is 0. The fourth-order valence-electron chi connectivity index (χ4n) is 0.796. The number of aromatic nitrogens is 6. The van der Waals surface area contributed by atoms with Crippen LogP contribution in [0.5, 0.6) is 0 Å². The first-order chi connectivity index (χ1) is 10.0. The highest BCUT2D eigenvalue weighted by Gasteiger charge is 1.60. The zero-order chi connectivity index (χ0) is 14.1. The molecular formula is C12H14N6OS. The zero-order valence-electron chi connectivity index (χ0n) is 10.5. The van der Waals surface area contributed by atoms with Gasteiger partial charge in [-0.2, -0.15) is 15.4 Å². The van der Waals surface area contributed by atoms with Crippen LogP contribution in [0.2, 0.25) is 0 Å². The molecule has 0 amide bonds. The summed E-state index contributed by atoms with van der Waals surface area (Å²) in [6.45, 7) is 0. The molecule has 0 bridgehead atoms. The average Bonchev–Trinajstić information content (AvgIpc) is 3.40. The molecule has 0 aromatic carbocycles. The molecule has 4 heterocycles. The summed E-state index contributed by atoms with van der Waals surface area (Å²) < 4.78 is 4.33. The van der Waals surface area contributed by atoms with Crippen LogP contribution in [-0.4, -0.2) is 30.5 Å². The summed E-state index contributed by atoms with van der Waals surface area (Å²) in [5, 5.41) is 14.6. The van der Waals surface area contributed by atoms with Crippen LogP contribution in [0, 0.1) is 0 Å². The van der Waals surface area contributed by atoms with Crippen molar-refractivity contribution in [1.29, 1.82) is 0 Å². The van der Waals surface area contributed by atoms with E-state index in [0.717, 1.165) is 0 Å². The van der Waals surface area contributed by atoms with Crippen molar-refractivity contribution in [3.05, 3.63) is 72.5 Å². The summed E-state index contributed by atoms with van der Waals surface area (Å²) in [5.74, 6) is 0. The minimum atomic E-state index is 1.51. The Hall–Kier alpha value is -2.74. The van der Waals surface area contributed by atoms with Gasteiger partial charge in [0, 0.05) is 24.0 Å². The Balaban J connectivity index is 0.000000133. The highest BCUT2D eigenvalue weighted by atomic mass is 32.1. The van der Waals surface area contributed by atoms with Crippen molar-refractivity contribution in [3.63, 3.8) is 0 Å². The van der Waals surface area contributed by atoms with Gasteiger partial charge in [0.1, 0.15) is 6.26 Å². The fraction of sp³-hybridized carbons (Fsp3) is 0. The Morgan fingerprint density at radius 3 is 1.90 bits per heavy atom. The molecule has 0 aliphatic heterocycles. The number of thiazole rings is 1. The Morgan fingerprint density at radius 1 is 0.900 bits per heavy atom. The third-order valence-corrected chi connectivity index (χ3v) is 2.04. The minimum Gasteiger partial charge on any atom is -0.368 e. The molecule has 0 aliphatic carbocycles. The lowest BCUT2D eigenvalue weighted by Gasteiger charge is -1.49. The molecule has 2 N–H and O–H groups in total. The molecule has 0 fully saturated rings. The molecule has 8 heteroatoms. The number of hydrogen-bond donors (Lipinski definition) is 2. The quantitative estimate of drug-likeness (QED) is 0.519. The van der Waals surface area contributed by atoms with Crippen molar-refractivity contribution in [3.8, 4) is 0 Å². The maximum atomic E-state index is 4.33. The molecule has 20 heavy (non-hydrogen) atoms. The van der Waals surface area contributed by atoms with Crippen molar-refractivity contribution >= 4 is 11.3 Å². The maximum absolute atomic E-state index is 4.33. The third-order valence-electron chi connectivity index (χ3n) is 1.52. The maximum Gasteiger partial charge on any atom is 0.123 e. The van der Waals surface area contributed by atoms with Crippen LogP contribution < -0.4 is 0 Å². The number of nitrogens with zero attached hydrogens (tertiary/aromatic N) is 4. The van der Waals surface area contributed by atoms with E-state index in [1.54, 1.807) is 47.7 Å². The van der Waals surface area contributed by atoms with Crippen LogP contribution in [0.3, 0.4) is 0 Å². The van der Waals surface area contributed by atoms with Crippen molar-refractivity contribution in [2.24, 2.45) is 0 Å². The molecule has 0 saturated carbocycles. The Bertz CT molecular complexity index is 359. The average molecular weight is 290 g/mol. The van der Waals surface area contributed by atoms with Gasteiger partial charge in [0.05, 0.1) is 24.1 Å². The number of nitrogens with one attached hydrogen (secondary N) is 2. The van der Waals surface area contributed by atoms with Crippen LogP contribution in [0.15, 0.2) is 77.1 Å².